The summed E-state index contributed by atoms with van der Waals surface area (Å²) in [4.78, 5) is 13.3. The summed E-state index contributed by atoms with van der Waals surface area (Å²) in [5, 5.41) is 10.9. The molecule has 40 heavy (non-hydrogen) atoms. The molecule has 0 bridgehead atoms. The number of rotatable bonds is 10. The van der Waals surface area contributed by atoms with Crippen molar-refractivity contribution in [2.45, 2.75) is 39.8 Å². The second kappa shape index (κ2) is 11.9. The van der Waals surface area contributed by atoms with Crippen LogP contribution in [0.25, 0.3) is 5.69 Å². The molecule has 1 atom stereocenters. The number of carbonyl (C=O) groups excluding carboxylic acids is 1. The van der Waals surface area contributed by atoms with Gasteiger partial charge in [-0.1, -0.05) is 47.7 Å². The third-order valence-electron chi connectivity index (χ3n) is 5.97. The second-order valence-electron chi connectivity index (χ2n) is 9.20. The van der Waals surface area contributed by atoms with E-state index in [1.807, 2.05) is 37.3 Å². The Kier molecular flexibility index (Phi) is 8.78. The number of anilines is 1. The van der Waals surface area contributed by atoms with Crippen LogP contribution in [0.2, 0.25) is 0 Å². The van der Waals surface area contributed by atoms with E-state index in [0.717, 1.165) is 21.6 Å². The van der Waals surface area contributed by atoms with Crippen molar-refractivity contribution in [3.63, 3.8) is 0 Å². The Morgan fingerprint density at radius 3 is 2.10 bits per heavy atom. The zero-order valence-electron chi connectivity index (χ0n) is 22.3. The molecule has 0 saturated carbocycles. The highest BCUT2D eigenvalue weighted by atomic mass is 32.2. The Morgan fingerprint density at radius 2 is 1.50 bits per heavy atom. The van der Waals surface area contributed by atoms with Gasteiger partial charge in [0.05, 0.1) is 15.0 Å². The molecule has 1 heterocycles. The van der Waals surface area contributed by atoms with E-state index in [-0.39, 0.29) is 27.3 Å². The molecule has 3 aromatic carbocycles. The first-order valence-electron chi connectivity index (χ1n) is 12.2. The van der Waals surface area contributed by atoms with Crippen molar-refractivity contribution in [2.24, 2.45) is 0 Å². The minimum Gasteiger partial charge on any atom is -0.325 e. The van der Waals surface area contributed by atoms with E-state index in [0.29, 0.717) is 16.5 Å². The van der Waals surface area contributed by atoms with Gasteiger partial charge in [-0.05, 0) is 62.4 Å². The molecule has 13 heteroatoms. The molecule has 1 amide bonds. The van der Waals surface area contributed by atoms with E-state index in [1.165, 1.54) is 38.4 Å². The maximum Gasteiger partial charge on any atom is 0.242 e. The molecule has 0 aliphatic heterocycles. The number of nitrogens with zero attached hydrogens (tertiary/aromatic N) is 4. The van der Waals surface area contributed by atoms with Crippen LogP contribution in [-0.4, -0.2) is 61.2 Å². The van der Waals surface area contributed by atoms with Gasteiger partial charge >= 0.3 is 0 Å². The number of sulfone groups is 1. The molecule has 0 aliphatic rings. The molecule has 0 aliphatic carbocycles. The van der Waals surface area contributed by atoms with Crippen LogP contribution in [-0.2, 0) is 30.4 Å². The van der Waals surface area contributed by atoms with E-state index in [4.69, 9.17) is 0 Å². The Bertz CT molecular complexity index is 1700. The molecule has 10 nitrogen and oxygen atoms in total. The van der Waals surface area contributed by atoms with Gasteiger partial charge in [0.15, 0.2) is 20.8 Å². The normalized spacial score (nSPS) is 12.8. The SMILES string of the molecule is Cc1ccc(S(=O)(=O)Cc2nnc(SC(C)C(=O)Nc3ccc(S(=O)(=O)N(C)C)cc3)n2-c2ccccc2)cc1. The molecule has 4 aromatic rings. The smallest absolute Gasteiger partial charge is 0.242 e. The van der Waals surface area contributed by atoms with Gasteiger partial charge in [0.25, 0.3) is 0 Å². The van der Waals surface area contributed by atoms with Crippen LogP contribution < -0.4 is 5.32 Å². The van der Waals surface area contributed by atoms with E-state index < -0.39 is 25.1 Å². The number of sulfonamides is 1. The number of hydrogen-bond acceptors (Lipinski definition) is 8. The predicted octanol–water partition coefficient (Wildman–Crippen LogP) is 3.92. The lowest BCUT2D eigenvalue weighted by Crippen LogP contribution is -2.24. The van der Waals surface area contributed by atoms with E-state index in [2.05, 4.69) is 15.5 Å². The highest BCUT2D eigenvalue weighted by Crippen LogP contribution is 2.28. The molecular formula is C27H29N5O5S3. The van der Waals surface area contributed by atoms with Crippen LogP contribution in [0, 0.1) is 6.92 Å². The topological polar surface area (TPSA) is 131 Å². The molecule has 0 fully saturated rings. The van der Waals surface area contributed by atoms with Crippen molar-refractivity contribution in [1.29, 1.82) is 0 Å². The first-order chi connectivity index (χ1) is 18.9. The van der Waals surface area contributed by atoms with E-state index >= 15 is 0 Å². The van der Waals surface area contributed by atoms with Crippen molar-refractivity contribution >= 4 is 43.2 Å². The quantitative estimate of drug-likeness (QED) is 0.272. The summed E-state index contributed by atoms with van der Waals surface area (Å²) in [6.07, 6.45) is 0. The van der Waals surface area contributed by atoms with Crippen LogP contribution >= 0.6 is 11.8 Å². The van der Waals surface area contributed by atoms with Gasteiger partial charge in [0, 0.05) is 25.5 Å². The average molecular weight is 600 g/mol. The Labute approximate surface area is 238 Å². The molecule has 4 rings (SSSR count). The van der Waals surface area contributed by atoms with Gasteiger partial charge in [-0.15, -0.1) is 10.2 Å². The lowest BCUT2D eigenvalue weighted by Gasteiger charge is -2.15. The Balaban J connectivity index is 1.56. The van der Waals surface area contributed by atoms with Crippen molar-refractivity contribution in [2.75, 3.05) is 19.4 Å². The largest absolute Gasteiger partial charge is 0.325 e. The highest BCUT2D eigenvalue weighted by molar-refractivity contribution is 8.00. The fourth-order valence-electron chi connectivity index (χ4n) is 3.68. The summed E-state index contributed by atoms with van der Waals surface area (Å²) in [7, 11) is -4.40. The summed E-state index contributed by atoms with van der Waals surface area (Å²) < 4.78 is 53.7. The van der Waals surface area contributed by atoms with Crippen molar-refractivity contribution in [3.05, 3.63) is 90.3 Å². The van der Waals surface area contributed by atoms with Gasteiger partial charge in [-0.25, -0.2) is 21.1 Å². The molecule has 210 valence electrons. The number of para-hydroxylation sites is 1. The number of aromatic nitrogens is 3. The maximum absolute atomic E-state index is 13.2. The van der Waals surface area contributed by atoms with Gasteiger partial charge in [0.1, 0.15) is 5.75 Å². The van der Waals surface area contributed by atoms with Gasteiger partial charge in [0.2, 0.25) is 15.9 Å². The van der Waals surface area contributed by atoms with Crippen LogP contribution in [0.1, 0.15) is 18.3 Å². The first kappa shape index (κ1) is 29.5. The zero-order chi connectivity index (χ0) is 29.1. The molecule has 1 unspecified atom stereocenters. The minimum absolute atomic E-state index is 0.113. The molecule has 1 aromatic heterocycles. The standard InChI is InChI=1S/C27H29N5O5S3/c1-19-10-14-23(15-11-19)39(34,35)18-25-29-30-27(32(25)22-8-6-5-7-9-22)38-20(2)26(33)28-21-12-16-24(17-13-21)40(36,37)31(3)4/h5-17,20H,18H2,1-4H3,(H,28,33). The van der Waals surface area contributed by atoms with Crippen molar-refractivity contribution < 1.29 is 21.6 Å². The van der Waals surface area contributed by atoms with Gasteiger partial charge < -0.3 is 5.32 Å². The van der Waals surface area contributed by atoms with Crippen LogP contribution in [0.4, 0.5) is 5.69 Å². The summed E-state index contributed by atoms with van der Waals surface area (Å²) >= 11 is 1.13. The van der Waals surface area contributed by atoms with Crippen LogP contribution in [0.5, 0.6) is 0 Å². The minimum atomic E-state index is -3.71. The second-order valence-corrected chi connectivity index (χ2v) is 14.7. The number of amides is 1. The molecule has 1 N–H and O–H groups in total. The third-order valence-corrected chi connectivity index (χ3v) is 10.5. The zero-order valence-corrected chi connectivity index (χ0v) is 24.8. The van der Waals surface area contributed by atoms with Crippen LogP contribution in [0.3, 0.4) is 0 Å². The molecule has 0 radical (unpaired) electrons. The average Bonchev–Trinajstić information content (AvgIpc) is 3.30. The summed E-state index contributed by atoms with van der Waals surface area (Å²) in [5.74, 6) is -0.495. The fraction of sp³-hybridized carbons (Fsp3) is 0.222. The lowest BCUT2D eigenvalue weighted by molar-refractivity contribution is -0.115. The fourth-order valence-corrected chi connectivity index (χ4v) is 6.71. The van der Waals surface area contributed by atoms with Crippen molar-refractivity contribution in [1.82, 2.24) is 19.1 Å². The Hall–Kier alpha value is -3.52. The maximum atomic E-state index is 13.2. The van der Waals surface area contributed by atoms with Gasteiger partial charge in [-0.3, -0.25) is 9.36 Å². The van der Waals surface area contributed by atoms with Gasteiger partial charge in [-0.2, -0.15) is 0 Å². The van der Waals surface area contributed by atoms with Crippen LogP contribution in [0.15, 0.2) is 93.8 Å². The number of thioether (sulfide) groups is 1. The number of aryl methyl sites for hydroxylation is 1. The van der Waals surface area contributed by atoms with E-state index in [1.54, 1.807) is 35.8 Å². The van der Waals surface area contributed by atoms with E-state index in [9.17, 15) is 21.6 Å². The number of benzene rings is 3. The predicted molar refractivity (Wildman–Crippen MR) is 155 cm³/mol. The molecule has 0 spiro atoms. The Morgan fingerprint density at radius 1 is 0.900 bits per heavy atom. The number of carbonyl (C=O) groups is 1. The first-order valence-corrected chi connectivity index (χ1v) is 16.1. The molecular weight excluding hydrogens is 571 g/mol. The highest BCUT2D eigenvalue weighted by Gasteiger charge is 2.25. The van der Waals surface area contributed by atoms with Crippen molar-refractivity contribution in [3.8, 4) is 5.69 Å². The summed E-state index contributed by atoms with van der Waals surface area (Å²) in [6, 6.07) is 21.6. The summed E-state index contributed by atoms with van der Waals surface area (Å²) in [5.41, 5.74) is 2.05. The monoisotopic (exact) mass is 599 g/mol. The third kappa shape index (κ3) is 6.61. The summed E-state index contributed by atoms with van der Waals surface area (Å²) in [6.45, 7) is 3.57. The number of nitrogens with one attached hydrogen (secondary N) is 1. The number of hydrogen-bond donors (Lipinski definition) is 1. The lowest BCUT2D eigenvalue weighted by atomic mass is 10.2. The molecule has 0 saturated heterocycles.